The first-order valence-corrected chi connectivity index (χ1v) is 12.2. The van der Waals surface area contributed by atoms with Crippen molar-refractivity contribution in [3.8, 4) is 5.75 Å². The standard InChI is InChI=1S/C27H29ClO10/c1-14(29)34-13-23-25(35-15(2)30)27(37-17(4)32)26(36-16(3)31)24(38-23)19-7-10-22(28)20(12-19)11-18-5-8-21(33)9-6-18/h5-10,12,23-27,33H,11,13H2,1-4H3/t23-,24-,25-,26+,27+/m1/s1. The fourth-order valence-electron chi connectivity index (χ4n) is 4.24. The number of phenols is 1. The van der Waals surface area contributed by atoms with Gasteiger partial charge >= 0.3 is 23.9 Å². The van der Waals surface area contributed by atoms with Gasteiger partial charge in [-0.2, -0.15) is 0 Å². The van der Waals surface area contributed by atoms with Gasteiger partial charge in [0.25, 0.3) is 0 Å². The van der Waals surface area contributed by atoms with Crippen molar-refractivity contribution in [2.75, 3.05) is 6.61 Å². The maximum Gasteiger partial charge on any atom is 0.303 e. The molecule has 38 heavy (non-hydrogen) atoms. The molecule has 3 rings (SSSR count). The molecule has 10 nitrogen and oxygen atoms in total. The van der Waals surface area contributed by atoms with Crippen LogP contribution >= 0.6 is 11.6 Å². The summed E-state index contributed by atoms with van der Waals surface area (Å²) in [6, 6.07) is 11.7. The largest absolute Gasteiger partial charge is 0.508 e. The minimum Gasteiger partial charge on any atom is -0.508 e. The smallest absolute Gasteiger partial charge is 0.303 e. The Labute approximate surface area is 224 Å². The third-order valence-corrected chi connectivity index (χ3v) is 6.09. The fraction of sp³-hybridized carbons (Fsp3) is 0.407. The number of aromatic hydroxyl groups is 1. The highest BCUT2D eigenvalue weighted by Crippen LogP contribution is 2.39. The van der Waals surface area contributed by atoms with Crippen molar-refractivity contribution in [1.82, 2.24) is 0 Å². The molecule has 1 heterocycles. The molecule has 0 spiro atoms. The maximum absolute atomic E-state index is 12.1. The highest BCUT2D eigenvalue weighted by atomic mass is 35.5. The number of halogens is 1. The molecule has 2 aromatic carbocycles. The van der Waals surface area contributed by atoms with Crippen LogP contribution in [0.15, 0.2) is 42.5 Å². The van der Waals surface area contributed by atoms with Gasteiger partial charge in [0.2, 0.25) is 0 Å². The third-order valence-electron chi connectivity index (χ3n) is 5.72. The number of rotatable bonds is 8. The molecule has 1 fully saturated rings. The van der Waals surface area contributed by atoms with Gasteiger partial charge in [0.05, 0.1) is 0 Å². The molecule has 1 N–H and O–H groups in total. The van der Waals surface area contributed by atoms with Gasteiger partial charge in [0, 0.05) is 32.7 Å². The minimum absolute atomic E-state index is 0.131. The van der Waals surface area contributed by atoms with Crippen LogP contribution in [0.25, 0.3) is 0 Å². The van der Waals surface area contributed by atoms with Crippen LogP contribution in [0, 0.1) is 0 Å². The van der Waals surface area contributed by atoms with E-state index in [0.717, 1.165) is 12.5 Å². The molecule has 2 aromatic rings. The number of carbonyl (C=O) groups is 4. The molecule has 0 aromatic heterocycles. The average molecular weight is 549 g/mol. The third kappa shape index (κ3) is 7.69. The SMILES string of the molecule is CC(=O)OC[C@H]1O[C@H](c2ccc(Cl)c(Cc3ccc(O)cc3)c2)[C@H](OC(C)=O)[C@@H](OC(C)=O)[C@@H]1OC(C)=O. The van der Waals surface area contributed by atoms with Crippen molar-refractivity contribution in [2.45, 2.75) is 64.6 Å². The molecule has 5 atom stereocenters. The molecule has 0 radical (unpaired) electrons. The predicted molar refractivity (Wildman–Crippen MR) is 133 cm³/mol. The Morgan fingerprint density at radius 2 is 1.39 bits per heavy atom. The van der Waals surface area contributed by atoms with Crippen molar-refractivity contribution in [1.29, 1.82) is 0 Å². The van der Waals surface area contributed by atoms with E-state index in [4.69, 9.17) is 35.3 Å². The summed E-state index contributed by atoms with van der Waals surface area (Å²) >= 11 is 6.47. The van der Waals surface area contributed by atoms with Gasteiger partial charge in [-0.3, -0.25) is 19.2 Å². The Kier molecular flexibility index (Phi) is 9.71. The Bertz CT molecular complexity index is 1180. The summed E-state index contributed by atoms with van der Waals surface area (Å²) < 4.78 is 27.8. The molecule has 1 aliphatic heterocycles. The molecule has 0 aliphatic carbocycles. The highest BCUT2D eigenvalue weighted by molar-refractivity contribution is 6.31. The highest BCUT2D eigenvalue weighted by Gasteiger charge is 2.52. The van der Waals surface area contributed by atoms with Crippen LogP contribution < -0.4 is 0 Å². The van der Waals surface area contributed by atoms with Gasteiger partial charge < -0.3 is 28.8 Å². The van der Waals surface area contributed by atoms with E-state index >= 15 is 0 Å². The zero-order valence-electron chi connectivity index (χ0n) is 21.3. The quantitative estimate of drug-likeness (QED) is 0.386. The number of esters is 4. The van der Waals surface area contributed by atoms with E-state index in [-0.39, 0.29) is 12.4 Å². The van der Waals surface area contributed by atoms with Gasteiger partial charge in [0.1, 0.15) is 24.6 Å². The number of ether oxygens (including phenoxy) is 5. The summed E-state index contributed by atoms with van der Waals surface area (Å²) in [5.74, 6) is -2.56. The molecule has 0 amide bonds. The Morgan fingerprint density at radius 1 is 0.816 bits per heavy atom. The van der Waals surface area contributed by atoms with Crippen molar-refractivity contribution in [2.24, 2.45) is 0 Å². The number of benzene rings is 2. The molecule has 0 unspecified atom stereocenters. The normalized spacial score (nSPS) is 22.7. The number of phenolic OH excluding ortho intramolecular Hbond substituents is 1. The fourth-order valence-corrected chi connectivity index (χ4v) is 4.42. The number of hydrogen-bond acceptors (Lipinski definition) is 10. The molecular weight excluding hydrogens is 520 g/mol. The van der Waals surface area contributed by atoms with E-state index in [1.165, 1.54) is 20.8 Å². The summed E-state index contributed by atoms with van der Waals surface area (Å²) in [7, 11) is 0. The zero-order valence-corrected chi connectivity index (χ0v) is 22.1. The van der Waals surface area contributed by atoms with Gasteiger partial charge in [-0.1, -0.05) is 35.9 Å². The van der Waals surface area contributed by atoms with Crippen LogP contribution in [-0.2, 0) is 49.3 Å². The first kappa shape index (κ1) is 28.9. The average Bonchev–Trinajstić information content (AvgIpc) is 2.82. The van der Waals surface area contributed by atoms with E-state index < -0.39 is 54.4 Å². The summed E-state index contributed by atoms with van der Waals surface area (Å²) in [5.41, 5.74) is 2.12. The van der Waals surface area contributed by atoms with Crippen molar-refractivity contribution in [3.63, 3.8) is 0 Å². The molecule has 204 valence electrons. The van der Waals surface area contributed by atoms with Gasteiger partial charge in [-0.05, 0) is 41.3 Å². The van der Waals surface area contributed by atoms with Crippen LogP contribution in [0.5, 0.6) is 5.75 Å². The van der Waals surface area contributed by atoms with Gasteiger partial charge in [0.15, 0.2) is 18.3 Å². The topological polar surface area (TPSA) is 135 Å². The van der Waals surface area contributed by atoms with E-state index in [0.29, 0.717) is 22.6 Å². The lowest BCUT2D eigenvalue weighted by atomic mass is 9.89. The molecule has 1 saturated heterocycles. The van der Waals surface area contributed by atoms with Crippen molar-refractivity contribution >= 4 is 35.5 Å². The lowest BCUT2D eigenvalue weighted by Crippen LogP contribution is -2.59. The van der Waals surface area contributed by atoms with E-state index in [1.807, 2.05) is 0 Å². The number of hydrogen-bond donors (Lipinski definition) is 1. The summed E-state index contributed by atoms with van der Waals surface area (Å²) in [6.45, 7) is 4.41. The van der Waals surface area contributed by atoms with Crippen LogP contribution in [0.4, 0.5) is 0 Å². The monoisotopic (exact) mass is 548 g/mol. The summed E-state index contributed by atoms with van der Waals surface area (Å²) in [6.07, 6.45) is -5.36. The molecule has 11 heteroatoms. The first-order chi connectivity index (χ1) is 17.9. The predicted octanol–water partition coefficient (Wildman–Crippen LogP) is 3.43. The summed E-state index contributed by atoms with van der Waals surface area (Å²) in [5, 5.41) is 10.0. The second-order valence-corrected chi connectivity index (χ2v) is 9.22. The van der Waals surface area contributed by atoms with Crippen LogP contribution in [0.1, 0.15) is 50.5 Å². The second-order valence-electron chi connectivity index (χ2n) is 8.81. The molecular formula is C27H29ClO10. The van der Waals surface area contributed by atoms with Crippen LogP contribution in [0.2, 0.25) is 5.02 Å². The lowest BCUT2D eigenvalue weighted by Gasteiger charge is -2.44. The Morgan fingerprint density at radius 3 is 1.97 bits per heavy atom. The zero-order chi connectivity index (χ0) is 28.0. The lowest BCUT2D eigenvalue weighted by molar-refractivity contribution is -0.254. The molecule has 1 aliphatic rings. The van der Waals surface area contributed by atoms with E-state index in [2.05, 4.69) is 0 Å². The first-order valence-electron chi connectivity index (χ1n) is 11.8. The van der Waals surface area contributed by atoms with Crippen LogP contribution in [-0.4, -0.2) is 60.0 Å². The minimum atomic E-state index is -1.27. The molecule has 0 saturated carbocycles. The van der Waals surface area contributed by atoms with Gasteiger partial charge in [-0.15, -0.1) is 0 Å². The van der Waals surface area contributed by atoms with E-state index in [1.54, 1.807) is 42.5 Å². The van der Waals surface area contributed by atoms with Gasteiger partial charge in [-0.25, -0.2) is 0 Å². The van der Waals surface area contributed by atoms with E-state index in [9.17, 15) is 24.3 Å². The Balaban J connectivity index is 2.06. The Hall–Kier alpha value is -3.63. The van der Waals surface area contributed by atoms with Crippen LogP contribution in [0.3, 0.4) is 0 Å². The van der Waals surface area contributed by atoms with Crippen molar-refractivity contribution in [3.05, 3.63) is 64.2 Å². The molecule has 0 bridgehead atoms. The van der Waals surface area contributed by atoms with Crippen molar-refractivity contribution < 1.29 is 48.0 Å². The maximum atomic E-state index is 12.1. The number of carbonyl (C=O) groups excluding carboxylic acids is 4. The second kappa shape index (κ2) is 12.7. The summed E-state index contributed by atoms with van der Waals surface area (Å²) in [4.78, 5) is 47.6.